The average Bonchev–Trinajstić information content (AvgIpc) is 3.35. The molecule has 4 saturated carbocycles. The van der Waals surface area contributed by atoms with Gasteiger partial charge in [-0.2, -0.15) is 0 Å². The van der Waals surface area contributed by atoms with Gasteiger partial charge in [-0.3, -0.25) is 9.59 Å². The van der Waals surface area contributed by atoms with E-state index >= 15 is 0 Å². The summed E-state index contributed by atoms with van der Waals surface area (Å²) < 4.78 is 0. The fraction of sp³-hybridized carbons (Fsp3) is 0.875. The van der Waals surface area contributed by atoms with Crippen LogP contribution in [0.15, 0.2) is 5.16 Å². The van der Waals surface area contributed by atoms with E-state index in [1.807, 2.05) is 0 Å². The van der Waals surface area contributed by atoms with E-state index in [0.29, 0.717) is 29.5 Å². The highest BCUT2D eigenvalue weighted by molar-refractivity contribution is 5.87. The van der Waals surface area contributed by atoms with Gasteiger partial charge in [-0.1, -0.05) is 19.0 Å². The molecule has 6 nitrogen and oxygen atoms in total. The molecule has 2 N–H and O–H groups in total. The van der Waals surface area contributed by atoms with Crippen molar-refractivity contribution in [1.29, 1.82) is 0 Å². The molecule has 5 aliphatic rings. The molecule has 1 saturated heterocycles. The molecule has 5 rings (SSSR count). The van der Waals surface area contributed by atoms with Gasteiger partial charge in [-0.15, -0.1) is 12.4 Å². The number of nitrogens with zero attached hydrogens (tertiary/aromatic N) is 1. The molecule has 1 aliphatic heterocycles. The number of hydrogen-bond donors (Lipinski definition) is 2. The number of ketones is 1. The monoisotopic (exact) mass is 451 g/mol. The van der Waals surface area contributed by atoms with E-state index in [-0.39, 0.29) is 35.4 Å². The molecular formula is C24H38ClN3O3. The largest absolute Gasteiger partial charge is 0.391 e. The quantitative estimate of drug-likeness (QED) is 0.506. The number of rotatable bonds is 4. The fourth-order valence-corrected chi connectivity index (χ4v) is 8.14. The van der Waals surface area contributed by atoms with E-state index in [9.17, 15) is 9.59 Å². The van der Waals surface area contributed by atoms with Crippen molar-refractivity contribution in [3.63, 3.8) is 0 Å². The van der Waals surface area contributed by atoms with Crippen LogP contribution in [-0.4, -0.2) is 43.1 Å². The van der Waals surface area contributed by atoms with Gasteiger partial charge in [0.15, 0.2) is 0 Å². The first-order chi connectivity index (χ1) is 14.5. The number of nitrogens with one attached hydrogen (secondary N) is 2. The fourth-order valence-electron chi connectivity index (χ4n) is 8.14. The van der Waals surface area contributed by atoms with E-state index in [0.717, 1.165) is 83.0 Å². The smallest absolute Gasteiger partial charge is 0.207 e. The molecule has 7 heteroatoms. The van der Waals surface area contributed by atoms with Gasteiger partial charge in [0.05, 0.1) is 5.71 Å². The normalized spacial score (nSPS) is 47.7. The van der Waals surface area contributed by atoms with Crippen molar-refractivity contribution in [3.05, 3.63) is 0 Å². The van der Waals surface area contributed by atoms with Crippen LogP contribution >= 0.6 is 12.4 Å². The Bertz CT molecular complexity index is 740. The summed E-state index contributed by atoms with van der Waals surface area (Å²) in [6, 6.07) is 0.172. The number of fused-ring (bicyclic) bond motifs is 5. The number of amides is 1. The molecule has 0 bridgehead atoms. The lowest BCUT2D eigenvalue weighted by atomic mass is 9.44. The summed E-state index contributed by atoms with van der Waals surface area (Å²) >= 11 is 0. The van der Waals surface area contributed by atoms with Gasteiger partial charge in [-0.25, -0.2) is 0 Å². The number of halogens is 1. The van der Waals surface area contributed by atoms with Crippen LogP contribution in [0.1, 0.15) is 71.6 Å². The van der Waals surface area contributed by atoms with Gasteiger partial charge in [0, 0.05) is 30.8 Å². The Labute approximate surface area is 192 Å². The summed E-state index contributed by atoms with van der Waals surface area (Å²) in [7, 11) is 0. The second-order valence-electron chi connectivity index (χ2n) is 11.1. The van der Waals surface area contributed by atoms with Crippen molar-refractivity contribution < 1.29 is 14.4 Å². The number of carbonyl (C=O) groups excluding carboxylic acids is 2. The van der Waals surface area contributed by atoms with Gasteiger partial charge in [0.25, 0.3) is 0 Å². The molecule has 0 aromatic heterocycles. The van der Waals surface area contributed by atoms with E-state index < -0.39 is 0 Å². The summed E-state index contributed by atoms with van der Waals surface area (Å²) in [5, 5.41) is 11.1. The van der Waals surface area contributed by atoms with Gasteiger partial charge in [0.2, 0.25) is 6.41 Å². The van der Waals surface area contributed by atoms with Crippen molar-refractivity contribution in [3.8, 4) is 0 Å². The Hall–Kier alpha value is -1.14. The van der Waals surface area contributed by atoms with Crippen LogP contribution in [-0.2, 0) is 14.4 Å². The summed E-state index contributed by atoms with van der Waals surface area (Å²) in [4.78, 5) is 30.0. The summed E-state index contributed by atoms with van der Waals surface area (Å²) in [6.45, 7) is 6.58. The first-order valence-electron chi connectivity index (χ1n) is 12.1. The number of carbonyl (C=O) groups is 2. The van der Waals surface area contributed by atoms with E-state index in [1.54, 1.807) is 0 Å². The second kappa shape index (κ2) is 8.66. The maximum atomic E-state index is 12.7. The van der Waals surface area contributed by atoms with Crippen LogP contribution in [0.4, 0.5) is 0 Å². The van der Waals surface area contributed by atoms with Crippen molar-refractivity contribution in [2.45, 2.75) is 83.8 Å². The Kier molecular flexibility index (Phi) is 6.43. The molecule has 4 aliphatic carbocycles. The molecule has 2 unspecified atom stereocenters. The third-order valence-corrected chi connectivity index (χ3v) is 9.89. The highest BCUT2D eigenvalue weighted by Gasteiger charge is 2.62. The van der Waals surface area contributed by atoms with E-state index in [1.165, 1.54) is 0 Å². The molecule has 0 radical (unpaired) electrons. The highest BCUT2D eigenvalue weighted by Crippen LogP contribution is 2.65. The predicted molar refractivity (Wildman–Crippen MR) is 122 cm³/mol. The van der Waals surface area contributed by atoms with Crippen molar-refractivity contribution in [2.24, 2.45) is 39.7 Å². The van der Waals surface area contributed by atoms with Gasteiger partial charge in [0.1, 0.15) is 11.9 Å². The SMILES string of the molecule is C[C@]12CCC(=NO[C@@H]3CCNC3)CC1C(NC=O)C[C@@H]1[C@H]2CC[C@]2(C)C(=O)CC[C@@H]12.Cl. The first-order valence-corrected chi connectivity index (χ1v) is 12.1. The number of Topliss-reactive ketones (excluding diaryl/α,β-unsaturated/α-hetero) is 1. The van der Waals surface area contributed by atoms with Crippen LogP contribution in [0.25, 0.3) is 0 Å². The second-order valence-corrected chi connectivity index (χ2v) is 11.1. The molecule has 1 heterocycles. The zero-order chi connectivity index (χ0) is 20.9. The first kappa shape index (κ1) is 23.0. The Morgan fingerprint density at radius 2 is 1.97 bits per heavy atom. The predicted octanol–water partition coefficient (Wildman–Crippen LogP) is 3.48. The van der Waals surface area contributed by atoms with Crippen LogP contribution < -0.4 is 10.6 Å². The summed E-state index contributed by atoms with van der Waals surface area (Å²) in [6.07, 6.45) is 10.1. The molecular weight excluding hydrogens is 414 g/mol. The van der Waals surface area contributed by atoms with Crippen molar-refractivity contribution >= 4 is 30.3 Å². The van der Waals surface area contributed by atoms with E-state index in [2.05, 4.69) is 29.6 Å². The summed E-state index contributed by atoms with van der Waals surface area (Å²) in [5.74, 6) is 2.58. The maximum absolute atomic E-state index is 12.7. The Balaban J connectivity index is 0.00000231. The molecule has 0 aromatic rings. The maximum Gasteiger partial charge on any atom is 0.207 e. The number of oxime groups is 1. The zero-order valence-corrected chi connectivity index (χ0v) is 19.7. The van der Waals surface area contributed by atoms with Crippen molar-refractivity contribution in [1.82, 2.24) is 10.6 Å². The third-order valence-electron chi connectivity index (χ3n) is 9.89. The Morgan fingerprint density at radius 1 is 1.13 bits per heavy atom. The highest BCUT2D eigenvalue weighted by atomic mass is 35.5. The minimum absolute atomic E-state index is 0. The molecule has 8 atom stereocenters. The lowest BCUT2D eigenvalue weighted by Gasteiger charge is -2.61. The Morgan fingerprint density at radius 3 is 2.71 bits per heavy atom. The minimum atomic E-state index is -0.124. The third kappa shape index (κ3) is 3.72. The lowest BCUT2D eigenvalue weighted by Crippen LogP contribution is -2.60. The molecule has 1 amide bonds. The standard InChI is InChI=1S/C24H37N3O3.ClH/c1-23-8-5-15(27-30-16-7-10-25-13-16)11-20(23)21(26-14-28)12-17-18-3-4-22(29)24(18,2)9-6-19(17)23;/h14,16-21,25H,3-13H2,1-2H3,(H,26,28);1H/t16-,17+,18+,19-,20?,21?,23-,24+;/m1./s1. The molecule has 31 heavy (non-hydrogen) atoms. The van der Waals surface area contributed by atoms with Crippen LogP contribution in [0.5, 0.6) is 0 Å². The zero-order valence-electron chi connectivity index (χ0n) is 18.9. The molecule has 174 valence electrons. The molecule has 0 spiro atoms. The van der Waals surface area contributed by atoms with Crippen molar-refractivity contribution in [2.75, 3.05) is 13.1 Å². The van der Waals surface area contributed by atoms with E-state index in [4.69, 9.17) is 4.84 Å². The molecule has 5 fully saturated rings. The molecule has 0 aromatic carbocycles. The van der Waals surface area contributed by atoms with Gasteiger partial charge >= 0.3 is 0 Å². The van der Waals surface area contributed by atoms with Gasteiger partial charge < -0.3 is 15.5 Å². The topological polar surface area (TPSA) is 79.8 Å². The summed E-state index contributed by atoms with van der Waals surface area (Å²) in [5.41, 5.74) is 1.24. The lowest BCUT2D eigenvalue weighted by molar-refractivity contribution is -0.140. The van der Waals surface area contributed by atoms with Crippen LogP contribution in [0.3, 0.4) is 0 Å². The van der Waals surface area contributed by atoms with Gasteiger partial charge in [-0.05, 0) is 80.6 Å². The van der Waals surface area contributed by atoms with Crippen LogP contribution in [0.2, 0.25) is 0 Å². The minimum Gasteiger partial charge on any atom is -0.391 e. The average molecular weight is 452 g/mol. The number of hydrogen-bond acceptors (Lipinski definition) is 5. The van der Waals surface area contributed by atoms with Crippen LogP contribution in [0, 0.1) is 34.5 Å².